The molecule has 1 aromatic rings. The van der Waals surface area contributed by atoms with Gasteiger partial charge in [-0.1, -0.05) is 0 Å². The molecule has 16 heavy (non-hydrogen) atoms. The Labute approximate surface area is 96.1 Å². The zero-order chi connectivity index (χ0) is 11.0. The van der Waals surface area contributed by atoms with Crippen LogP contribution in [0.4, 0.5) is 0 Å². The van der Waals surface area contributed by atoms with Gasteiger partial charge in [-0.25, -0.2) is 9.97 Å². The molecule has 1 aliphatic carbocycles. The van der Waals surface area contributed by atoms with Crippen molar-refractivity contribution in [2.75, 3.05) is 26.2 Å². The smallest absolute Gasteiger partial charge is 0.125 e. The van der Waals surface area contributed by atoms with Crippen LogP contribution in [0.2, 0.25) is 0 Å². The summed E-state index contributed by atoms with van der Waals surface area (Å²) in [5, 5.41) is 3.40. The molecule has 1 unspecified atom stereocenters. The van der Waals surface area contributed by atoms with Crippen molar-refractivity contribution in [2.45, 2.75) is 25.8 Å². The zero-order valence-corrected chi connectivity index (χ0v) is 9.74. The van der Waals surface area contributed by atoms with Crippen molar-refractivity contribution in [3.8, 4) is 0 Å². The van der Waals surface area contributed by atoms with Gasteiger partial charge in [-0.2, -0.15) is 0 Å². The molecule has 4 heteroatoms. The highest BCUT2D eigenvalue weighted by Gasteiger charge is 2.29. The van der Waals surface area contributed by atoms with E-state index in [0.29, 0.717) is 6.04 Å². The van der Waals surface area contributed by atoms with E-state index in [1.807, 2.05) is 13.1 Å². The fraction of sp³-hybridized carbons (Fsp3) is 0.667. The first-order valence-electron chi connectivity index (χ1n) is 6.12. The molecule has 0 radical (unpaired) electrons. The second-order valence-corrected chi connectivity index (χ2v) is 4.66. The number of hydrogen-bond acceptors (Lipinski definition) is 4. The Hall–Kier alpha value is -1.00. The van der Waals surface area contributed by atoms with Crippen LogP contribution in [0, 0.1) is 6.92 Å². The third-order valence-electron chi connectivity index (χ3n) is 3.63. The van der Waals surface area contributed by atoms with Gasteiger partial charge in [0, 0.05) is 49.7 Å². The standard InChI is InChI=1S/C12H18N4/c1-9-14-8-10-11(15-9)2-3-12(10)16-6-4-13-5-7-16/h8,12-13H,2-7H2,1H3. The molecule has 2 aliphatic rings. The van der Waals surface area contributed by atoms with Crippen LogP contribution >= 0.6 is 0 Å². The van der Waals surface area contributed by atoms with Gasteiger partial charge in [-0.3, -0.25) is 4.90 Å². The molecule has 86 valence electrons. The number of nitrogens with zero attached hydrogens (tertiary/aromatic N) is 3. The second-order valence-electron chi connectivity index (χ2n) is 4.66. The van der Waals surface area contributed by atoms with Crippen molar-refractivity contribution < 1.29 is 0 Å². The Balaban J connectivity index is 1.84. The van der Waals surface area contributed by atoms with Crippen molar-refractivity contribution in [3.05, 3.63) is 23.3 Å². The molecule has 1 aliphatic heterocycles. The monoisotopic (exact) mass is 218 g/mol. The summed E-state index contributed by atoms with van der Waals surface area (Å²) in [4.78, 5) is 11.5. The number of hydrogen-bond donors (Lipinski definition) is 1. The lowest BCUT2D eigenvalue weighted by atomic mass is 10.1. The summed E-state index contributed by atoms with van der Waals surface area (Å²) < 4.78 is 0. The summed E-state index contributed by atoms with van der Waals surface area (Å²) in [5.41, 5.74) is 2.64. The predicted octanol–water partition coefficient (Wildman–Crippen LogP) is 0.678. The molecular formula is C12H18N4. The average Bonchev–Trinajstić information content (AvgIpc) is 2.73. The SMILES string of the molecule is Cc1ncc2c(n1)CCC2N1CCNCC1. The maximum atomic E-state index is 4.55. The van der Waals surface area contributed by atoms with Gasteiger partial charge in [0.2, 0.25) is 0 Å². The van der Waals surface area contributed by atoms with E-state index >= 15 is 0 Å². The summed E-state index contributed by atoms with van der Waals surface area (Å²) >= 11 is 0. The molecule has 1 aromatic heterocycles. The average molecular weight is 218 g/mol. The molecule has 1 atom stereocenters. The number of aromatic nitrogens is 2. The topological polar surface area (TPSA) is 41.1 Å². The van der Waals surface area contributed by atoms with Crippen LogP contribution in [-0.4, -0.2) is 41.0 Å². The molecule has 1 fully saturated rings. The lowest BCUT2D eigenvalue weighted by molar-refractivity contribution is 0.173. The largest absolute Gasteiger partial charge is 0.314 e. The van der Waals surface area contributed by atoms with Crippen LogP contribution in [-0.2, 0) is 6.42 Å². The maximum absolute atomic E-state index is 4.55. The van der Waals surface area contributed by atoms with Gasteiger partial charge >= 0.3 is 0 Å². The third kappa shape index (κ3) is 1.72. The molecule has 2 heterocycles. The van der Waals surface area contributed by atoms with Crippen LogP contribution in [0.25, 0.3) is 0 Å². The Morgan fingerprint density at radius 3 is 3.00 bits per heavy atom. The van der Waals surface area contributed by atoms with Crippen molar-refractivity contribution in [1.82, 2.24) is 20.2 Å². The van der Waals surface area contributed by atoms with Gasteiger partial charge in [-0.05, 0) is 19.8 Å². The molecule has 1 saturated heterocycles. The van der Waals surface area contributed by atoms with Crippen LogP contribution in [0.3, 0.4) is 0 Å². The minimum absolute atomic E-state index is 0.567. The summed E-state index contributed by atoms with van der Waals surface area (Å²) in [5.74, 6) is 0.903. The summed E-state index contributed by atoms with van der Waals surface area (Å²) in [6, 6.07) is 0.567. The first kappa shape index (κ1) is 10.2. The number of nitrogens with one attached hydrogen (secondary N) is 1. The third-order valence-corrected chi connectivity index (χ3v) is 3.63. The molecular weight excluding hydrogens is 200 g/mol. The van der Waals surface area contributed by atoms with E-state index in [4.69, 9.17) is 0 Å². The quantitative estimate of drug-likeness (QED) is 0.752. The Kier molecular flexibility index (Phi) is 2.61. The Morgan fingerprint density at radius 1 is 1.38 bits per heavy atom. The highest BCUT2D eigenvalue weighted by Crippen LogP contribution is 2.34. The van der Waals surface area contributed by atoms with Crippen LogP contribution in [0.15, 0.2) is 6.20 Å². The van der Waals surface area contributed by atoms with Crippen molar-refractivity contribution in [3.63, 3.8) is 0 Å². The lowest BCUT2D eigenvalue weighted by Gasteiger charge is -2.32. The molecule has 0 spiro atoms. The Bertz CT molecular complexity index is 385. The van der Waals surface area contributed by atoms with Gasteiger partial charge in [0.1, 0.15) is 5.82 Å². The fourth-order valence-electron chi connectivity index (χ4n) is 2.81. The van der Waals surface area contributed by atoms with E-state index in [1.54, 1.807) is 0 Å². The minimum atomic E-state index is 0.567. The highest BCUT2D eigenvalue weighted by atomic mass is 15.2. The first-order valence-corrected chi connectivity index (χ1v) is 6.12. The van der Waals surface area contributed by atoms with Crippen LogP contribution in [0.1, 0.15) is 29.5 Å². The van der Waals surface area contributed by atoms with Crippen molar-refractivity contribution in [1.29, 1.82) is 0 Å². The number of piperazine rings is 1. The summed E-state index contributed by atoms with van der Waals surface area (Å²) in [6.45, 7) is 6.49. The molecule has 0 bridgehead atoms. The van der Waals surface area contributed by atoms with Gasteiger partial charge in [0.05, 0.1) is 0 Å². The molecule has 1 N–H and O–H groups in total. The minimum Gasteiger partial charge on any atom is -0.314 e. The predicted molar refractivity (Wildman–Crippen MR) is 62.3 cm³/mol. The Morgan fingerprint density at radius 2 is 2.19 bits per heavy atom. The van der Waals surface area contributed by atoms with E-state index in [-0.39, 0.29) is 0 Å². The van der Waals surface area contributed by atoms with Crippen LogP contribution < -0.4 is 5.32 Å². The number of aryl methyl sites for hydroxylation is 2. The van der Waals surface area contributed by atoms with Gasteiger partial charge in [0.25, 0.3) is 0 Å². The zero-order valence-electron chi connectivity index (χ0n) is 9.74. The first-order chi connectivity index (χ1) is 7.84. The molecule has 4 nitrogen and oxygen atoms in total. The molecule has 3 rings (SSSR count). The lowest BCUT2D eigenvalue weighted by Crippen LogP contribution is -2.44. The van der Waals surface area contributed by atoms with Crippen molar-refractivity contribution in [2.24, 2.45) is 0 Å². The van der Waals surface area contributed by atoms with E-state index in [9.17, 15) is 0 Å². The summed E-state index contributed by atoms with van der Waals surface area (Å²) in [6.07, 6.45) is 4.37. The van der Waals surface area contributed by atoms with E-state index < -0.39 is 0 Å². The maximum Gasteiger partial charge on any atom is 0.125 e. The normalized spacial score (nSPS) is 25.7. The molecule has 0 saturated carbocycles. The van der Waals surface area contributed by atoms with E-state index in [1.165, 1.54) is 17.7 Å². The van der Waals surface area contributed by atoms with Crippen molar-refractivity contribution >= 4 is 0 Å². The van der Waals surface area contributed by atoms with Gasteiger partial charge in [-0.15, -0.1) is 0 Å². The van der Waals surface area contributed by atoms with Gasteiger partial charge < -0.3 is 5.32 Å². The fourth-order valence-corrected chi connectivity index (χ4v) is 2.81. The van der Waals surface area contributed by atoms with Gasteiger partial charge in [0.15, 0.2) is 0 Å². The van der Waals surface area contributed by atoms with E-state index in [2.05, 4.69) is 20.2 Å². The molecule has 0 aromatic carbocycles. The summed E-state index contributed by atoms with van der Waals surface area (Å²) in [7, 11) is 0. The van der Waals surface area contributed by atoms with Crippen LogP contribution in [0.5, 0.6) is 0 Å². The number of fused-ring (bicyclic) bond motifs is 1. The van der Waals surface area contributed by atoms with E-state index in [0.717, 1.165) is 38.4 Å². The highest BCUT2D eigenvalue weighted by molar-refractivity contribution is 5.27. The number of rotatable bonds is 1. The second kappa shape index (κ2) is 4.11. The molecule has 0 amide bonds.